The molecule has 6 heteroatoms. The molecule has 1 heterocycles. The number of likely N-dealkylation sites (N-methyl/N-ethyl adjacent to an activating group) is 1. The first-order valence-electron chi connectivity index (χ1n) is 7.14. The molecular formula is C14H26N2O4. The molecule has 0 spiro atoms. The van der Waals surface area contributed by atoms with Crippen LogP contribution < -0.4 is 0 Å². The number of carboxylic acids is 1. The molecule has 6 nitrogen and oxygen atoms in total. The van der Waals surface area contributed by atoms with E-state index in [-0.39, 0.29) is 6.03 Å². The van der Waals surface area contributed by atoms with E-state index in [4.69, 9.17) is 0 Å². The Bertz CT molecular complexity index is 379. The number of likely N-dealkylation sites (tertiary alicyclic amines) is 1. The second-order valence-electron chi connectivity index (χ2n) is 6.23. The minimum atomic E-state index is -1.24. The molecule has 0 saturated carbocycles. The van der Waals surface area contributed by atoms with Crippen LogP contribution in [0.15, 0.2) is 0 Å². The minimum Gasteiger partial charge on any atom is -0.480 e. The van der Waals surface area contributed by atoms with Crippen molar-refractivity contribution in [2.75, 3.05) is 19.6 Å². The number of urea groups is 1. The zero-order valence-corrected chi connectivity index (χ0v) is 12.8. The van der Waals surface area contributed by atoms with E-state index in [1.165, 1.54) is 18.7 Å². The summed E-state index contributed by atoms with van der Waals surface area (Å²) < 4.78 is 0. The SMILES string of the molecule is CCN(C(=O)N1CCCC(C)(O)CC1)C(C)(C)C(=O)O. The zero-order chi connectivity index (χ0) is 15.6. The normalized spacial score (nSPS) is 24.1. The number of carbonyl (C=O) groups excluding carboxylic acids is 1. The summed E-state index contributed by atoms with van der Waals surface area (Å²) >= 11 is 0. The molecule has 116 valence electrons. The number of rotatable bonds is 3. The van der Waals surface area contributed by atoms with E-state index >= 15 is 0 Å². The van der Waals surface area contributed by atoms with Crippen LogP contribution in [0.5, 0.6) is 0 Å². The maximum atomic E-state index is 12.6. The van der Waals surface area contributed by atoms with E-state index in [1.54, 1.807) is 18.7 Å². The second-order valence-corrected chi connectivity index (χ2v) is 6.23. The first-order valence-corrected chi connectivity index (χ1v) is 7.14. The zero-order valence-electron chi connectivity index (χ0n) is 12.8. The Hall–Kier alpha value is -1.30. The van der Waals surface area contributed by atoms with Gasteiger partial charge in [-0.3, -0.25) is 0 Å². The summed E-state index contributed by atoms with van der Waals surface area (Å²) in [6.07, 6.45) is 1.90. The Morgan fingerprint density at radius 2 is 1.90 bits per heavy atom. The van der Waals surface area contributed by atoms with Gasteiger partial charge in [0, 0.05) is 19.6 Å². The topological polar surface area (TPSA) is 81.1 Å². The molecule has 1 rings (SSSR count). The van der Waals surface area contributed by atoms with Crippen LogP contribution >= 0.6 is 0 Å². The molecule has 1 atom stereocenters. The third kappa shape index (κ3) is 3.62. The van der Waals surface area contributed by atoms with Gasteiger partial charge in [-0.15, -0.1) is 0 Å². The average molecular weight is 286 g/mol. The van der Waals surface area contributed by atoms with E-state index in [1.807, 2.05) is 0 Å². The highest BCUT2D eigenvalue weighted by Crippen LogP contribution is 2.24. The molecule has 1 fully saturated rings. The number of carboxylic acid groups (broad SMARTS) is 1. The molecule has 1 aliphatic heterocycles. The van der Waals surface area contributed by atoms with Gasteiger partial charge in [-0.05, 0) is 47.0 Å². The number of carbonyl (C=O) groups is 2. The summed E-state index contributed by atoms with van der Waals surface area (Å²) in [5.41, 5.74) is -1.98. The maximum Gasteiger partial charge on any atom is 0.329 e. The Balaban J connectivity index is 2.84. The minimum absolute atomic E-state index is 0.266. The lowest BCUT2D eigenvalue weighted by Gasteiger charge is -2.38. The summed E-state index contributed by atoms with van der Waals surface area (Å²) in [4.78, 5) is 26.9. The average Bonchev–Trinajstić information content (AvgIpc) is 2.50. The van der Waals surface area contributed by atoms with Gasteiger partial charge in [-0.2, -0.15) is 0 Å². The van der Waals surface area contributed by atoms with Crippen LogP contribution in [0.4, 0.5) is 4.79 Å². The molecule has 2 amide bonds. The van der Waals surface area contributed by atoms with E-state index in [9.17, 15) is 19.8 Å². The number of aliphatic carboxylic acids is 1. The molecule has 0 radical (unpaired) electrons. The molecule has 1 aliphatic rings. The maximum absolute atomic E-state index is 12.6. The van der Waals surface area contributed by atoms with Crippen molar-refractivity contribution in [2.24, 2.45) is 0 Å². The Kier molecular flexibility index (Phi) is 5.02. The van der Waals surface area contributed by atoms with Gasteiger partial charge < -0.3 is 20.0 Å². The van der Waals surface area contributed by atoms with E-state index in [0.29, 0.717) is 32.5 Å². The lowest BCUT2D eigenvalue weighted by atomic mass is 9.98. The third-order valence-electron chi connectivity index (χ3n) is 4.08. The fourth-order valence-electron chi connectivity index (χ4n) is 2.51. The summed E-state index contributed by atoms with van der Waals surface area (Å²) in [6.45, 7) is 7.97. The fourth-order valence-corrected chi connectivity index (χ4v) is 2.51. The Labute approximate surface area is 120 Å². The molecular weight excluding hydrogens is 260 g/mol. The Morgan fingerprint density at radius 1 is 1.30 bits per heavy atom. The van der Waals surface area contributed by atoms with E-state index in [0.717, 1.165) is 6.42 Å². The van der Waals surface area contributed by atoms with Crippen LogP contribution in [0, 0.1) is 0 Å². The lowest BCUT2D eigenvalue weighted by molar-refractivity contribution is -0.147. The van der Waals surface area contributed by atoms with Gasteiger partial charge in [0.25, 0.3) is 0 Å². The summed E-state index contributed by atoms with van der Waals surface area (Å²) in [6, 6.07) is -0.266. The first-order chi connectivity index (χ1) is 9.12. The highest BCUT2D eigenvalue weighted by molar-refractivity contribution is 5.85. The molecule has 0 bridgehead atoms. The summed E-state index contributed by atoms with van der Waals surface area (Å²) in [5.74, 6) is -1.02. The number of hydrogen-bond donors (Lipinski definition) is 2. The molecule has 2 N–H and O–H groups in total. The number of amides is 2. The molecule has 20 heavy (non-hydrogen) atoms. The number of hydrogen-bond acceptors (Lipinski definition) is 3. The van der Waals surface area contributed by atoms with E-state index < -0.39 is 17.1 Å². The van der Waals surface area contributed by atoms with Crippen molar-refractivity contribution in [3.8, 4) is 0 Å². The second kappa shape index (κ2) is 5.99. The highest BCUT2D eigenvalue weighted by Gasteiger charge is 2.39. The van der Waals surface area contributed by atoms with Crippen molar-refractivity contribution in [1.82, 2.24) is 9.80 Å². The predicted octanol–water partition coefficient (Wildman–Crippen LogP) is 1.53. The van der Waals surface area contributed by atoms with Crippen LogP contribution in [0.3, 0.4) is 0 Å². The highest BCUT2D eigenvalue weighted by atomic mass is 16.4. The van der Waals surface area contributed by atoms with Crippen molar-refractivity contribution < 1.29 is 19.8 Å². The molecule has 0 aromatic carbocycles. The van der Waals surface area contributed by atoms with Gasteiger partial charge in [0.1, 0.15) is 5.54 Å². The summed E-state index contributed by atoms with van der Waals surface area (Å²) in [7, 11) is 0. The van der Waals surface area contributed by atoms with Gasteiger partial charge in [0.2, 0.25) is 0 Å². The van der Waals surface area contributed by atoms with Crippen molar-refractivity contribution >= 4 is 12.0 Å². The van der Waals surface area contributed by atoms with Crippen LogP contribution in [0.25, 0.3) is 0 Å². The van der Waals surface area contributed by atoms with Crippen molar-refractivity contribution in [1.29, 1.82) is 0 Å². The van der Waals surface area contributed by atoms with Gasteiger partial charge in [-0.1, -0.05) is 0 Å². The predicted molar refractivity (Wildman–Crippen MR) is 75.5 cm³/mol. The largest absolute Gasteiger partial charge is 0.480 e. The number of aliphatic hydroxyl groups is 1. The van der Waals surface area contributed by atoms with Gasteiger partial charge in [-0.25, -0.2) is 9.59 Å². The summed E-state index contributed by atoms with van der Waals surface area (Å²) in [5, 5.41) is 19.3. The van der Waals surface area contributed by atoms with Crippen LogP contribution in [0.1, 0.15) is 47.0 Å². The standard InChI is InChI=1S/C14H26N2O4/c1-5-16(13(2,3)11(17)18)12(19)15-9-6-7-14(4,20)8-10-15/h20H,5-10H2,1-4H3,(H,17,18). The van der Waals surface area contributed by atoms with Gasteiger partial charge in [0.15, 0.2) is 0 Å². The first kappa shape index (κ1) is 16.8. The van der Waals surface area contributed by atoms with E-state index in [2.05, 4.69) is 0 Å². The van der Waals surface area contributed by atoms with Crippen molar-refractivity contribution in [2.45, 2.75) is 58.1 Å². The van der Waals surface area contributed by atoms with Gasteiger partial charge >= 0.3 is 12.0 Å². The number of nitrogens with zero attached hydrogens (tertiary/aromatic N) is 2. The molecule has 1 unspecified atom stereocenters. The quantitative estimate of drug-likeness (QED) is 0.824. The van der Waals surface area contributed by atoms with Gasteiger partial charge in [0.05, 0.1) is 5.60 Å². The smallest absolute Gasteiger partial charge is 0.329 e. The molecule has 0 aromatic heterocycles. The third-order valence-corrected chi connectivity index (χ3v) is 4.08. The monoisotopic (exact) mass is 286 g/mol. The van der Waals surface area contributed by atoms with Crippen LogP contribution in [-0.4, -0.2) is 62.8 Å². The van der Waals surface area contributed by atoms with Crippen LogP contribution in [-0.2, 0) is 4.79 Å². The van der Waals surface area contributed by atoms with Crippen molar-refractivity contribution in [3.05, 3.63) is 0 Å². The lowest BCUT2D eigenvalue weighted by Crippen LogP contribution is -2.57. The van der Waals surface area contributed by atoms with Crippen molar-refractivity contribution in [3.63, 3.8) is 0 Å². The molecule has 0 aromatic rings. The van der Waals surface area contributed by atoms with Crippen LogP contribution in [0.2, 0.25) is 0 Å². The fraction of sp³-hybridized carbons (Fsp3) is 0.857. The molecule has 0 aliphatic carbocycles. The Morgan fingerprint density at radius 3 is 2.40 bits per heavy atom. The molecule has 1 saturated heterocycles.